The largest absolute Gasteiger partial charge is 0.495 e. The van der Waals surface area contributed by atoms with E-state index in [0.29, 0.717) is 24.4 Å². The van der Waals surface area contributed by atoms with E-state index in [-0.39, 0.29) is 5.91 Å². The predicted octanol–water partition coefficient (Wildman–Crippen LogP) is 1.45. The monoisotopic (exact) mass is 234 g/mol. The minimum Gasteiger partial charge on any atom is -0.495 e. The molecule has 0 saturated carbocycles. The van der Waals surface area contributed by atoms with Gasteiger partial charge in [0.25, 0.3) is 0 Å². The van der Waals surface area contributed by atoms with E-state index in [0.717, 1.165) is 5.56 Å². The summed E-state index contributed by atoms with van der Waals surface area (Å²) in [4.78, 5) is 24.3. The number of nitrogens with one attached hydrogen (secondary N) is 1. The third kappa shape index (κ3) is 2.22. The number of anilines is 1. The molecule has 0 aromatic heterocycles. The van der Waals surface area contributed by atoms with Gasteiger partial charge in [-0.1, -0.05) is 6.07 Å². The fourth-order valence-electron chi connectivity index (χ4n) is 1.80. The summed E-state index contributed by atoms with van der Waals surface area (Å²) in [5, 5.41) is 2.29. The first-order valence-electron chi connectivity index (χ1n) is 5.38. The van der Waals surface area contributed by atoms with E-state index in [1.165, 1.54) is 4.90 Å². The lowest BCUT2D eigenvalue weighted by molar-refractivity contribution is -0.120. The van der Waals surface area contributed by atoms with Crippen LogP contribution >= 0.6 is 0 Å². The molecule has 0 atom stereocenters. The molecule has 17 heavy (non-hydrogen) atoms. The molecule has 0 unspecified atom stereocenters. The molecule has 1 aromatic rings. The van der Waals surface area contributed by atoms with Crippen molar-refractivity contribution >= 4 is 17.6 Å². The standard InChI is InChI=1S/C12H14N2O3/c1-8-3-4-9(10(7-8)17-2)14-6-5-11(15)13-12(14)16/h3-4,7H,5-6H2,1-2H3,(H,13,15,16). The van der Waals surface area contributed by atoms with Crippen LogP contribution in [0.25, 0.3) is 0 Å². The molecule has 5 nitrogen and oxygen atoms in total. The number of carbonyl (C=O) groups excluding carboxylic acids is 2. The smallest absolute Gasteiger partial charge is 0.328 e. The molecule has 5 heteroatoms. The topological polar surface area (TPSA) is 58.6 Å². The third-order valence-electron chi connectivity index (χ3n) is 2.68. The number of amides is 3. The van der Waals surface area contributed by atoms with Crippen molar-refractivity contribution in [2.24, 2.45) is 0 Å². The number of hydrogen-bond donors (Lipinski definition) is 1. The van der Waals surface area contributed by atoms with Gasteiger partial charge in [0, 0.05) is 13.0 Å². The van der Waals surface area contributed by atoms with E-state index in [9.17, 15) is 9.59 Å². The summed E-state index contributed by atoms with van der Waals surface area (Å²) in [6.07, 6.45) is 0.308. The fourth-order valence-corrected chi connectivity index (χ4v) is 1.80. The molecule has 1 saturated heterocycles. The van der Waals surface area contributed by atoms with Crippen molar-refractivity contribution in [1.29, 1.82) is 0 Å². The van der Waals surface area contributed by atoms with Crippen molar-refractivity contribution in [3.05, 3.63) is 23.8 Å². The van der Waals surface area contributed by atoms with Crippen molar-refractivity contribution in [3.8, 4) is 5.75 Å². The van der Waals surface area contributed by atoms with Gasteiger partial charge in [0.2, 0.25) is 5.91 Å². The summed E-state index contributed by atoms with van der Waals surface area (Å²) in [7, 11) is 1.56. The Morgan fingerprint density at radius 3 is 2.76 bits per heavy atom. The Bertz CT molecular complexity index is 471. The lowest BCUT2D eigenvalue weighted by Gasteiger charge is -2.27. The molecular weight excluding hydrogens is 220 g/mol. The highest BCUT2D eigenvalue weighted by Gasteiger charge is 2.26. The second kappa shape index (κ2) is 4.45. The quantitative estimate of drug-likeness (QED) is 0.842. The molecule has 0 radical (unpaired) electrons. The first kappa shape index (κ1) is 11.4. The maximum absolute atomic E-state index is 11.7. The van der Waals surface area contributed by atoms with Crippen LogP contribution in [0.3, 0.4) is 0 Å². The Labute approximate surface area is 99.4 Å². The molecule has 1 aliphatic heterocycles. The summed E-state index contributed by atoms with van der Waals surface area (Å²) >= 11 is 0. The number of hydrogen-bond acceptors (Lipinski definition) is 3. The summed E-state index contributed by atoms with van der Waals surface area (Å²) < 4.78 is 5.25. The Balaban J connectivity index is 2.33. The van der Waals surface area contributed by atoms with Gasteiger partial charge < -0.3 is 4.74 Å². The second-order valence-electron chi connectivity index (χ2n) is 3.93. The molecule has 1 aliphatic rings. The molecule has 0 bridgehead atoms. The molecule has 2 rings (SSSR count). The Hall–Kier alpha value is -2.04. The zero-order chi connectivity index (χ0) is 12.4. The summed E-state index contributed by atoms with van der Waals surface area (Å²) in [5.74, 6) is 0.395. The Morgan fingerprint density at radius 2 is 2.12 bits per heavy atom. The molecule has 0 aliphatic carbocycles. The van der Waals surface area contributed by atoms with Gasteiger partial charge in [0.15, 0.2) is 0 Å². The number of benzene rings is 1. The van der Waals surface area contributed by atoms with E-state index < -0.39 is 6.03 Å². The van der Waals surface area contributed by atoms with Crippen molar-refractivity contribution in [1.82, 2.24) is 5.32 Å². The SMILES string of the molecule is COc1cc(C)ccc1N1CCC(=O)NC1=O. The van der Waals surface area contributed by atoms with Gasteiger partial charge in [-0.2, -0.15) is 0 Å². The predicted molar refractivity (Wildman–Crippen MR) is 63.2 cm³/mol. The molecule has 1 N–H and O–H groups in total. The summed E-state index contributed by atoms with van der Waals surface area (Å²) in [6, 6.07) is 5.19. The average Bonchev–Trinajstić information content (AvgIpc) is 2.30. The van der Waals surface area contributed by atoms with E-state index in [1.54, 1.807) is 7.11 Å². The van der Waals surface area contributed by atoms with Crippen LogP contribution in [0.1, 0.15) is 12.0 Å². The van der Waals surface area contributed by atoms with Crippen molar-refractivity contribution in [2.45, 2.75) is 13.3 Å². The molecule has 1 fully saturated rings. The van der Waals surface area contributed by atoms with E-state index >= 15 is 0 Å². The van der Waals surface area contributed by atoms with Gasteiger partial charge in [-0.25, -0.2) is 4.79 Å². The molecule has 3 amide bonds. The maximum atomic E-state index is 11.7. The van der Waals surface area contributed by atoms with Gasteiger partial charge in [-0.05, 0) is 24.6 Å². The number of urea groups is 1. The first-order valence-corrected chi connectivity index (χ1v) is 5.38. The van der Waals surface area contributed by atoms with Gasteiger partial charge in [0.05, 0.1) is 12.8 Å². The van der Waals surface area contributed by atoms with Crippen LogP contribution in [0.15, 0.2) is 18.2 Å². The Morgan fingerprint density at radius 1 is 1.35 bits per heavy atom. The number of nitrogens with zero attached hydrogens (tertiary/aromatic N) is 1. The number of carbonyl (C=O) groups is 2. The van der Waals surface area contributed by atoms with Crippen LogP contribution in [-0.4, -0.2) is 25.6 Å². The van der Waals surface area contributed by atoms with Crippen molar-refractivity contribution in [3.63, 3.8) is 0 Å². The number of ether oxygens (including phenoxy) is 1. The number of imide groups is 1. The highest BCUT2D eigenvalue weighted by molar-refractivity contribution is 6.06. The van der Waals surface area contributed by atoms with Crippen LogP contribution in [0.2, 0.25) is 0 Å². The van der Waals surface area contributed by atoms with E-state index in [1.807, 2.05) is 25.1 Å². The normalized spacial score (nSPS) is 15.8. The summed E-state index contributed by atoms with van der Waals surface area (Å²) in [5.41, 5.74) is 1.74. The van der Waals surface area contributed by atoms with Crippen LogP contribution < -0.4 is 15.0 Å². The third-order valence-corrected chi connectivity index (χ3v) is 2.68. The highest BCUT2D eigenvalue weighted by atomic mass is 16.5. The fraction of sp³-hybridized carbons (Fsp3) is 0.333. The number of methoxy groups -OCH3 is 1. The van der Waals surface area contributed by atoms with Crippen molar-refractivity contribution < 1.29 is 14.3 Å². The number of aryl methyl sites for hydroxylation is 1. The molecule has 0 spiro atoms. The zero-order valence-corrected chi connectivity index (χ0v) is 9.82. The van der Waals surface area contributed by atoms with Gasteiger partial charge in [-0.15, -0.1) is 0 Å². The minimum atomic E-state index is -0.400. The second-order valence-corrected chi connectivity index (χ2v) is 3.93. The minimum absolute atomic E-state index is 0.239. The van der Waals surface area contributed by atoms with Crippen molar-refractivity contribution in [2.75, 3.05) is 18.6 Å². The van der Waals surface area contributed by atoms with Crippen LogP contribution in [0.4, 0.5) is 10.5 Å². The molecule has 1 heterocycles. The van der Waals surface area contributed by atoms with Crippen LogP contribution in [0, 0.1) is 6.92 Å². The van der Waals surface area contributed by atoms with Crippen LogP contribution in [-0.2, 0) is 4.79 Å². The number of rotatable bonds is 2. The molecular formula is C12H14N2O3. The van der Waals surface area contributed by atoms with Crippen LogP contribution in [0.5, 0.6) is 5.75 Å². The molecule has 90 valence electrons. The van der Waals surface area contributed by atoms with Gasteiger partial charge in [-0.3, -0.25) is 15.0 Å². The highest BCUT2D eigenvalue weighted by Crippen LogP contribution is 2.30. The average molecular weight is 234 g/mol. The van der Waals surface area contributed by atoms with Gasteiger partial charge >= 0.3 is 6.03 Å². The zero-order valence-electron chi connectivity index (χ0n) is 9.82. The Kier molecular flexibility index (Phi) is 2.99. The summed E-state index contributed by atoms with van der Waals surface area (Å²) in [6.45, 7) is 2.33. The maximum Gasteiger partial charge on any atom is 0.328 e. The van der Waals surface area contributed by atoms with E-state index in [2.05, 4.69) is 5.32 Å². The van der Waals surface area contributed by atoms with Gasteiger partial charge in [0.1, 0.15) is 5.75 Å². The first-order chi connectivity index (χ1) is 8.11. The lowest BCUT2D eigenvalue weighted by atomic mass is 10.2. The van der Waals surface area contributed by atoms with E-state index in [4.69, 9.17) is 4.74 Å². The lowest BCUT2D eigenvalue weighted by Crippen LogP contribution is -2.49. The molecule has 1 aromatic carbocycles.